The lowest BCUT2D eigenvalue weighted by Gasteiger charge is -2.31. The molecule has 0 aromatic heterocycles. The Balaban J connectivity index is 1.84. The van der Waals surface area contributed by atoms with Gasteiger partial charge in [0.1, 0.15) is 0 Å². The van der Waals surface area contributed by atoms with Crippen molar-refractivity contribution in [2.24, 2.45) is 5.92 Å². The summed E-state index contributed by atoms with van der Waals surface area (Å²) in [7, 11) is 0. The van der Waals surface area contributed by atoms with E-state index in [0.717, 1.165) is 0 Å². The number of piperidine rings is 1. The minimum Gasteiger partial charge on any atom is -0.396 e. The first-order valence-electron chi connectivity index (χ1n) is 7.55. The maximum absolute atomic E-state index is 12.4. The van der Waals surface area contributed by atoms with Gasteiger partial charge in [-0.2, -0.15) is 0 Å². The van der Waals surface area contributed by atoms with E-state index in [1.165, 1.54) is 0 Å². The number of nitrogens with one attached hydrogen (secondary N) is 1. The van der Waals surface area contributed by atoms with Crippen molar-refractivity contribution >= 4 is 23.4 Å². The number of carbonyl (C=O) groups excluding carboxylic acids is 2. The first-order chi connectivity index (χ1) is 10.6. The molecular formula is C16H21ClN2O3. The number of carbonyl (C=O) groups is 2. The lowest BCUT2D eigenvalue weighted by molar-refractivity contribution is -0.126. The highest BCUT2D eigenvalue weighted by Crippen LogP contribution is 2.20. The standard InChI is InChI=1S/C16H21ClN2O3/c17-14-4-1-3-13(11-14)16(22)19-8-5-12(6-9-19)15(21)18-7-2-10-20/h1,3-4,11-12,20H,2,5-10H2,(H,18,21). The average Bonchev–Trinajstić information content (AvgIpc) is 2.54. The van der Waals surface area contributed by atoms with E-state index in [4.69, 9.17) is 16.7 Å². The summed E-state index contributed by atoms with van der Waals surface area (Å²) < 4.78 is 0. The first-order valence-corrected chi connectivity index (χ1v) is 7.93. The van der Waals surface area contributed by atoms with Crippen molar-refractivity contribution in [1.29, 1.82) is 0 Å². The number of aliphatic hydroxyl groups excluding tert-OH is 1. The minimum absolute atomic E-state index is 0.0169. The molecule has 0 aliphatic carbocycles. The summed E-state index contributed by atoms with van der Waals surface area (Å²) in [5.74, 6) is -0.0768. The molecule has 0 atom stereocenters. The van der Waals surface area contributed by atoms with Gasteiger partial charge < -0.3 is 15.3 Å². The molecule has 120 valence electrons. The number of hydrogen-bond acceptors (Lipinski definition) is 3. The van der Waals surface area contributed by atoms with Crippen molar-refractivity contribution in [2.75, 3.05) is 26.2 Å². The molecule has 1 heterocycles. The molecule has 1 aromatic rings. The number of hydrogen-bond donors (Lipinski definition) is 2. The van der Waals surface area contributed by atoms with Gasteiger partial charge in [-0.3, -0.25) is 9.59 Å². The summed E-state index contributed by atoms with van der Waals surface area (Å²) in [6, 6.07) is 6.91. The molecule has 0 spiro atoms. The van der Waals surface area contributed by atoms with Gasteiger partial charge in [-0.05, 0) is 37.5 Å². The van der Waals surface area contributed by atoms with Gasteiger partial charge in [0.05, 0.1) is 0 Å². The summed E-state index contributed by atoms with van der Waals surface area (Å²) in [5.41, 5.74) is 0.582. The Morgan fingerprint density at radius 1 is 1.32 bits per heavy atom. The Morgan fingerprint density at radius 2 is 2.05 bits per heavy atom. The monoisotopic (exact) mass is 324 g/mol. The Bertz CT molecular complexity index is 528. The van der Waals surface area contributed by atoms with E-state index >= 15 is 0 Å². The second-order valence-electron chi connectivity index (χ2n) is 5.45. The molecule has 0 unspecified atom stereocenters. The predicted octanol–water partition coefficient (Wildman–Crippen LogP) is 1.69. The van der Waals surface area contributed by atoms with Gasteiger partial charge in [-0.25, -0.2) is 0 Å². The van der Waals surface area contributed by atoms with E-state index in [-0.39, 0.29) is 24.3 Å². The van der Waals surface area contributed by atoms with Gasteiger partial charge in [0.15, 0.2) is 0 Å². The van der Waals surface area contributed by atoms with Gasteiger partial charge >= 0.3 is 0 Å². The lowest BCUT2D eigenvalue weighted by atomic mass is 9.95. The molecular weight excluding hydrogens is 304 g/mol. The average molecular weight is 325 g/mol. The first kappa shape index (κ1) is 16.8. The van der Waals surface area contributed by atoms with Crippen LogP contribution in [0.15, 0.2) is 24.3 Å². The van der Waals surface area contributed by atoms with E-state index in [0.29, 0.717) is 49.5 Å². The number of nitrogens with zero attached hydrogens (tertiary/aromatic N) is 1. The maximum atomic E-state index is 12.4. The van der Waals surface area contributed by atoms with E-state index in [2.05, 4.69) is 5.32 Å². The molecule has 2 amide bonds. The number of amides is 2. The van der Waals surface area contributed by atoms with Crippen molar-refractivity contribution in [3.63, 3.8) is 0 Å². The van der Waals surface area contributed by atoms with Gasteiger partial charge in [-0.15, -0.1) is 0 Å². The summed E-state index contributed by atoms with van der Waals surface area (Å²) >= 11 is 5.91. The molecule has 2 N–H and O–H groups in total. The summed E-state index contributed by atoms with van der Waals surface area (Å²) in [4.78, 5) is 26.1. The van der Waals surface area contributed by atoms with Crippen LogP contribution in [-0.4, -0.2) is 48.1 Å². The zero-order valence-electron chi connectivity index (χ0n) is 12.4. The second-order valence-corrected chi connectivity index (χ2v) is 5.88. The summed E-state index contributed by atoms with van der Waals surface area (Å²) in [6.07, 6.45) is 1.90. The zero-order chi connectivity index (χ0) is 15.9. The highest BCUT2D eigenvalue weighted by Gasteiger charge is 2.27. The van der Waals surface area contributed by atoms with Crippen LogP contribution in [0.5, 0.6) is 0 Å². The summed E-state index contributed by atoms with van der Waals surface area (Å²) in [5, 5.41) is 12.1. The molecule has 1 aliphatic heterocycles. The Hall–Kier alpha value is -1.59. The van der Waals surface area contributed by atoms with Gasteiger partial charge in [0, 0.05) is 42.7 Å². The van der Waals surface area contributed by atoms with Crippen molar-refractivity contribution in [3.05, 3.63) is 34.9 Å². The number of benzene rings is 1. The fraction of sp³-hybridized carbons (Fsp3) is 0.500. The topological polar surface area (TPSA) is 69.6 Å². The number of halogens is 1. The smallest absolute Gasteiger partial charge is 0.253 e. The minimum atomic E-state index is -0.0536. The molecule has 0 saturated carbocycles. The van der Waals surface area contributed by atoms with Crippen LogP contribution in [0.1, 0.15) is 29.6 Å². The third-order valence-electron chi connectivity index (χ3n) is 3.86. The van der Waals surface area contributed by atoms with Crippen molar-refractivity contribution in [2.45, 2.75) is 19.3 Å². The molecule has 0 bridgehead atoms. The van der Waals surface area contributed by atoms with Crippen LogP contribution in [0.2, 0.25) is 5.02 Å². The zero-order valence-corrected chi connectivity index (χ0v) is 13.2. The van der Waals surface area contributed by atoms with Crippen LogP contribution in [0, 0.1) is 5.92 Å². The molecule has 1 saturated heterocycles. The van der Waals surface area contributed by atoms with Gasteiger partial charge in [0.2, 0.25) is 5.91 Å². The molecule has 0 radical (unpaired) electrons. The molecule has 1 fully saturated rings. The van der Waals surface area contributed by atoms with E-state index in [1.54, 1.807) is 29.2 Å². The predicted molar refractivity (Wildman–Crippen MR) is 84.8 cm³/mol. The Kier molecular flexibility index (Phi) is 6.21. The Labute approximate surface area is 135 Å². The van der Waals surface area contributed by atoms with Crippen LogP contribution in [-0.2, 0) is 4.79 Å². The molecule has 2 rings (SSSR count). The largest absolute Gasteiger partial charge is 0.396 e. The normalized spacial score (nSPS) is 15.6. The van der Waals surface area contributed by atoms with E-state index in [1.807, 2.05) is 0 Å². The number of aliphatic hydroxyl groups is 1. The van der Waals surface area contributed by atoms with Crippen LogP contribution in [0.25, 0.3) is 0 Å². The van der Waals surface area contributed by atoms with Crippen molar-refractivity contribution in [1.82, 2.24) is 10.2 Å². The highest BCUT2D eigenvalue weighted by atomic mass is 35.5. The molecule has 22 heavy (non-hydrogen) atoms. The molecule has 1 aliphatic rings. The van der Waals surface area contributed by atoms with Gasteiger partial charge in [0.25, 0.3) is 5.91 Å². The highest BCUT2D eigenvalue weighted by molar-refractivity contribution is 6.30. The van der Waals surface area contributed by atoms with Gasteiger partial charge in [-0.1, -0.05) is 17.7 Å². The quantitative estimate of drug-likeness (QED) is 0.810. The molecule has 1 aromatic carbocycles. The van der Waals surface area contributed by atoms with E-state index < -0.39 is 0 Å². The molecule has 5 nitrogen and oxygen atoms in total. The fourth-order valence-electron chi connectivity index (χ4n) is 2.58. The van der Waals surface area contributed by atoms with Crippen LogP contribution in [0.4, 0.5) is 0 Å². The van der Waals surface area contributed by atoms with Crippen molar-refractivity contribution in [3.8, 4) is 0 Å². The fourth-order valence-corrected chi connectivity index (χ4v) is 2.77. The van der Waals surface area contributed by atoms with Crippen LogP contribution >= 0.6 is 11.6 Å². The third-order valence-corrected chi connectivity index (χ3v) is 4.09. The summed E-state index contributed by atoms with van der Waals surface area (Å²) in [6.45, 7) is 1.72. The lowest BCUT2D eigenvalue weighted by Crippen LogP contribution is -2.43. The third kappa shape index (κ3) is 4.45. The molecule has 6 heteroatoms. The maximum Gasteiger partial charge on any atom is 0.253 e. The van der Waals surface area contributed by atoms with Crippen molar-refractivity contribution < 1.29 is 14.7 Å². The number of rotatable bonds is 5. The van der Waals surface area contributed by atoms with Crippen LogP contribution in [0.3, 0.4) is 0 Å². The number of likely N-dealkylation sites (tertiary alicyclic amines) is 1. The van der Waals surface area contributed by atoms with E-state index in [9.17, 15) is 9.59 Å². The Morgan fingerprint density at radius 3 is 2.68 bits per heavy atom. The second kappa shape index (κ2) is 8.15. The van der Waals surface area contributed by atoms with Crippen LogP contribution < -0.4 is 5.32 Å². The SMILES string of the molecule is O=C(NCCCO)C1CCN(C(=O)c2cccc(Cl)c2)CC1.